The molecule has 72 valence electrons. The van der Waals surface area contributed by atoms with Gasteiger partial charge in [0.05, 0.1) is 29.4 Å². The van der Waals surface area contributed by atoms with Gasteiger partial charge in [0.2, 0.25) is 0 Å². The zero-order chi connectivity index (χ0) is 10.8. The van der Waals surface area contributed by atoms with Crippen LogP contribution in [-0.2, 0) is 7.05 Å². The topological polar surface area (TPSA) is 91.2 Å². The fourth-order valence-electron chi connectivity index (χ4n) is 1.36. The van der Waals surface area contributed by atoms with Crippen LogP contribution >= 0.6 is 0 Å². The van der Waals surface area contributed by atoms with E-state index in [1.54, 1.807) is 17.9 Å². The van der Waals surface area contributed by atoms with Gasteiger partial charge in [-0.1, -0.05) is 0 Å². The minimum Gasteiger partial charge on any atom is -0.250 e. The van der Waals surface area contributed by atoms with Gasteiger partial charge in [0.25, 0.3) is 0 Å². The van der Waals surface area contributed by atoms with E-state index in [9.17, 15) is 0 Å². The molecule has 0 aliphatic carbocycles. The van der Waals surface area contributed by atoms with E-state index in [2.05, 4.69) is 15.1 Å². The molecule has 2 aromatic heterocycles. The molecule has 0 N–H and O–H groups in total. The van der Waals surface area contributed by atoms with Crippen molar-refractivity contribution in [3.8, 4) is 12.1 Å². The lowest BCUT2D eigenvalue weighted by atomic mass is 10.1. The van der Waals surface area contributed by atoms with Crippen LogP contribution in [0.15, 0.2) is 12.5 Å². The van der Waals surface area contributed by atoms with Gasteiger partial charge in [-0.2, -0.15) is 15.6 Å². The normalized spacial score (nSPS) is 10.1. The summed E-state index contributed by atoms with van der Waals surface area (Å²) < 4.78 is 1.58. The van der Waals surface area contributed by atoms with Crippen molar-refractivity contribution >= 4 is 11.0 Å². The summed E-state index contributed by atoms with van der Waals surface area (Å²) in [4.78, 5) is 7.98. The third-order valence-corrected chi connectivity index (χ3v) is 2.09. The Labute approximate surface area is 85.4 Å². The van der Waals surface area contributed by atoms with E-state index in [0.717, 1.165) is 0 Å². The van der Waals surface area contributed by atoms with Crippen LogP contribution in [0.2, 0.25) is 0 Å². The standard InChI is InChI=1S/C9H6N6/c1-15-9-7(4-14-15)8(12-5-13-9)6(2-10)3-11/h4-6H,1H3. The molecule has 0 spiro atoms. The Morgan fingerprint density at radius 3 is 2.73 bits per heavy atom. The molecule has 0 amide bonds. The molecule has 6 heteroatoms. The van der Waals surface area contributed by atoms with Gasteiger partial charge in [-0.05, 0) is 0 Å². The van der Waals surface area contributed by atoms with Gasteiger partial charge in [0.1, 0.15) is 6.33 Å². The molecule has 0 aromatic carbocycles. The Morgan fingerprint density at radius 1 is 1.33 bits per heavy atom. The summed E-state index contributed by atoms with van der Waals surface area (Å²) in [6.45, 7) is 0. The quantitative estimate of drug-likeness (QED) is 0.665. The summed E-state index contributed by atoms with van der Waals surface area (Å²) in [5.74, 6) is -0.875. The van der Waals surface area contributed by atoms with Gasteiger partial charge in [0, 0.05) is 7.05 Å². The second kappa shape index (κ2) is 3.35. The summed E-state index contributed by atoms with van der Waals surface area (Å²) in [5.41, 5.74) is 1.04. The second-order valence-electron chi connectivity index (χ2n) is 2.96. The van der Waals surface area contributed by atoms with Crippen molar-refractivity contribution in [2.45, 2.75) is 5.92 Å². The van der Waals surface area contributed by atoms with E-state index in [4.69, 9.17) is 10.5 Å². The maximum atomic E-state index is 8.79. The highest BCUT2D eigenvalue weighted by molar-refractivity contribution is 5.78. The average Bonchev–Trinajstić information content (AvgIpc) is 2.64. The lowest BCUT2D eigenvalue weighted by Crippen LogP contribution is -1.99. The highest BCUT2D eigenvalue weighted by Crippen LogP contribution is 2.20. The first-order valence-corrected chi connectivity index (χ1v) is 4.19. The van der Waals surface area contributed by atoms with Crippen molar-refractivity contribution in [2.75, 3.05) is 0 Å². The predicted octanol–water partition coefficient (Wildman–Crippen LogP) is 0.494. The summed E-state index contributed by atoms with van der Waals surface area (Å²) >= 11 is 0. The molecule has 2 heterocycles. The molecular weight excluding hydrogens is 192 g/mol. The average molecular weight is 198 g/mol. The molecule has 0 unspecified atom stereocenters. The van der Waals surface area contributed by atoms with Crippen molar-refractivity contribution < 1.29 is 0 Å². The molecule has 2 aromatic rings. The molecule has 2 rings (SSSR count). The molecule has 0 radical (unpaired) electrons. The number of fused-ring (bicyclic) bond motifs is 1. The molecule has 0 aliphatic rings. The van der Waals surface area contributed by atoms with E-state index in [-0.39, 0.29) is 0 Å². The SMILES string of the molecule is Cn1ncc2c(C(C#N)C#N)ncnc21. The molecule has 6 nitrogen and oxygen atoms in total. The molecule has 0 bridgehead atoms. The van der Waals surface area contributed by atoms with Gasteiger partial charge in [-0.15, -0.1) is 0 Å². The monoisotopic (exact) mass is 198 g/mol. The molecule has 0 saturated carbocycles. The fourth-order valence-corrected chi connectivity index (χ4v) is 1.36. The summed E-state index contributed by atoms with van der Waals surface area (Å²) in [6.07, 6.45) is 2.90. The zero-order valence-electron chi connectivity index (χ0n) is 7.92. The summed E-state index contributed by atoms with van der Waals surface area (Å²) in [5, 5.41) is 22.2. The van der Waals surface area contributed by atoms with Crippen molar-refractivity contribution in [1.29, 1.82) is 10.5 Å². The Hall–Kier alpha value is -2.47. The van der Waals surface area contributed by atoms with Crippen LogP contribution in [0.1, 0.15) is 11.6 Å². The lowest BCUT2D eigenvalue weighted by molar-refractivity contribution is 0.785. The summed E-state index contributed by atoms with van der Waals surface area (Å²) in [7, 11) is 1.74. The van der Waals surface area contributed by atoms with Crippen LogP contribution in [0.3, 0.4) is 0 Å². The largest absolute Gasteiger partial charge is 0.250 e. The fraction of sp³-hybridized carbons (Fsp3) is 0.222. The number of hydrogen-bond donors (Lipinski definition) is 0. The first-order chi connectivity index (χ1) is 7.27. The van der Waals surface area contributed by atoms with Crippen molar-refractivity contribution in [1.82, 2.24) is 19.7 Å². The van der Waals surface area contributed by atoms with Crippen molar-refractivity contribution in [3.63, 3.8) is 0 Å². The number of nitriles is 2. The number of nitrogens with zero attached hydrogens (tertiary/aromatic N) is 6. The van der Waals surface area contributed by atoms with Gasteiger partial charge >= 0.3 is 0 Å². The van der Waals surface area contributed by atoms with Crippen molar-refractivity contribution in [3.05, 3.63) is 18.2 Å². The number of aromatic nitrogens is 4. The van der Waals surface area contributed by atoms with Crippen LogP contribution in [0.25, 0.3) is 11.0 Å². The third kappa shape index (κ3) is 1.29. The van der Waals surface area contributed by atoms with Crippen LogP contribution in [-0.4, -0.2) is 19.7 Å². The zero-order valence-corrected chi connectivity index (χ0v) is 7.92. The Kier molecular flexibility index (Phi) is 2.03. The van der Waals surface area contributed by atoms with Crippen LogP contribution in [0.5, 0.6) is 0 Å². The Balaban J connectivity index is 2.73. The third-order valence-electron chi connectivity index (χ3n) is 2.09. The second-order valence-corrected chi connectivity index (χ2v) is 2.96. The Bertz CT molecular complexity index is 571. The molecule has 0 aliphatic heterocycles. The number of aryl methyl sites for hydroxylation is 1. The lowest BCUT2D eigenvalue weighted by Gasteiger charge is -2.00. The van der Waals surface area contributed by atoms with Crippen molar-refractivity contribution in [2.24, 2.45) is 7.05 Å². The van der Waals surface area contributed by atoms with Crippen LogP contribution in [0, 0.1) is 22.7 Å². The number of hydrogen-bond acceptors (Lipinski definition) is 5. The smallest absolute Gasteiger partial charge is 0.175 e. The first kappa shape index (κ1) is 9.10. The predicted molar refractivity (Wildman–Crippen MR) is 50.3 cm³/mol. The summed E-state index contributed by atoms with van der Waals surface area (Å²) in [6, 6.07) is 3.76. The van der Waals surface area contributed by atoms with E-state index in [1.165, 1.54) is 6.33 Å². The van der Waals surface area contributed by atoms with Crippen LogP contribution in [0.4, 0.5) is 0 Å². The van der Waals surface area contributed by atoms with Gasteiger partial charge in [-0.25, -0.2) is 9.97 Å². The first-order valence-electron chi connectivity index (χ1n) is 4.19. The molecule has 0 saturated heterocycles. The highest BCUT2D eigenvalue weighted by Gasteiger charge is 2.16. The molecule has 0 atom stereocenters. The van der Waals surface area contributed by atoms with Gasteiger partial charge in [0.15, 0.2) is 11.6 Å². The minimum atomic E-state index is -0.875. The van der Waals surface area contributed by atoms with E-state index in [1.807, 2.05) is 12.1 Å². The minimum absolute atomic E-state index is 0.415. The molecule has 15 heavy (non-hydrogen) atoms. The highest BCUT2D eigenvalue weighted by atomic mass is 15.3. The maximum Gasteiger partial charge on any atom is 0.175 e. The van der Waals surface area contributed by atoms with E-state index in [0.29, 0.717) is 16.7 Å². The van der Waals surface area contributed by atoms with E-state index < -0.39 is 5.92 Å². The van der Waals surface area contributed by atoms with Gasteiger partial charge < -0.3 is 0 Å². The Morgan fingerprint density at radius 2 is 2.07 bits per heavy atom. The van der Waals surface area contributed by atoms with Crippen LogP contribution < -0.4 is 0 Å². The van der Waals surface area contributed by atoms with Gasteiger partial charge in [-0.3, -0.25) is 4.68 Å². The molecular formula is C9H6N6. The number of rotatable bonds is 1. The maximum absolute atomic E-state index is 8.79. The van der Waals surface area contributed by atoms with E-state index >= 15 is 0 Å². The molecule has 0 fully saturated rings.